The molecule has 1 aliphatic carbocycles. The normalized spacial score (nSPS) is 22.9. The summed E-state index contributed by atoms with van der Waals surface area (Å²) < 4.78 is 15.9. The fourth-order valence-corrected chi connectivity index (χ4v) is 5.89. The molecular formula is C31H45N3O8. The Labute approximate surface area is 247 Å². The van der Waals surface area contributed by atoms with Crippen molar-refractivity contribution in [2.24, 2.45) is 11.8 Å². The van der Waals surface area contributed by atoms with Crippen LogP contribution in [-0.2, 0) is 35.1 Å². The third-order valence-corrected chi connectivity index (χ3v) is 8.68. The highest BCUT2D eigenvalue weighted by Crippen LogP contribution is 2.34. The fourth-order valence-electron chi connectivity index (χ4n) is 5.89. The molecule has 42 heavy (non-hydrogen) atoms. The lowest BCUT2D eigenvalue weighted by Gasteiger charge is -2.27. The molecule has 4 rings (SSSR count). The highest BCUT2D eigenvalue weighted by Gasteiger charge is 2.50. The van der Waals surface area contributed by atoms with Gasteiger partial charge in [-0.15, -0.1) is 0 Å². The number of carbonyl (C=O) groups excluding carboxylic acids is 4. The van der Waals surface area contributed by atoms with Gasteiger partial charge in [-0.05, 0) is 62.6 Å². The second kappa shape index (κ2) is 14.3. The minimum atomic E-state index is -1.06. The van der Waals surface area contributed by atoms with Gasteiger partial charge in [-0.2, -0.15) is 0 Å². The number of rotatable bonds is 14. The van der Waals surface area contributed by atoms with E-state index in [9.17, 15) is 24.3 Å². The number of ketones is 1. The van der Waals surface area contributed by atoms with Crippen molar-refractivity contribution >= 4 is 23.5 Å². The van der Waals surface area contributed by atoms with Crippen LogP contribution in [0.4, 0.5) is 0 Å². The average Bonchev–Trinajstić information content (AvgIpc) is 3.50. The van der Waals surface area contributed by atoms with Crippen molar-refractivity contribution in [3.05, 3.63) is 23.8 Å². The van der Waals surface area contributed by atoms with E-state index in [0.717, 1.165) is 38.5 Å². The minimum Gasteiger partial charge on any atom is -0.504 e. The number of hydrogen-bond donors (Lipinski definition) is 4. The van der Waals surface area contributed by atoms with Gasteiger partial charge in [0.2, 0.25) is 17.7 Å². The lowest BCUT2D eigenvalue weighted by atomic mass is 9.90. The summed E-state index contributed by atoms with van der Waals surface area (Å²) in [5.74, 6) is -0.702. The number of nitrogens with one attached hydrogen (secondary N) is 3. The van der Waals surface area contributed by atoms with Crippen molar-refractivity contribution in [3.8, 4) is 11.5 Å². The maximum Gasteiger partial charge on any atom is 0.243 e. The number of epoxide rings is 1. The summed E-state index contributed by atoms with van der Waals surface area (Å²) >= 11 is 0. The van der Waals surface area contributed by atoms with E-state index in [1.54, 1.807) is 26.0 Å². The summed E-state index contributed by atoms with van der Waals surface area (Å²) in [5.41, 5.74) is -0.318. The molecule has 0 spiro atoms. The number of hydrogen-bond acceptors (Lipinski definition) is 8. The number of methoxy groups -OCH3 is 1. The Bertz CT molecular complexity index is 1130. The highest BCUT2D eigenvalue weighted by molar-refractivity contribution is 5.98. The Hall–Kier alpha value is -3.18. The van der Waals surface area contributed by atoms with Crippen molar-refractivity contribution in [1.29, 1.82) is 0 Å². The monoisotopic (exact) mass is 587 g/mol. The zero-order valence-corrected chi connectivity index (χ0v) is 24.9. The van der Waals surface area contributed by atoms with Gasteiger partial charge in [-0.1, -0.05) is 31.7 Å². The van der Waals surface area contributed by atoms with E-state index in [1.807, 2.05) is 0 Å². The van der Waals surface area contributed by atoms with Crippen LogP contribution in [0.2, 0.25) is 0 Å². The molecule has 232 valence electrons. The van der Waals surface area contributed by atoms with Crippen LogP contribution < -0.4 is 20.7 Å². The number of amides is 3. The number of aromatic hydroxyl groups is 1. The standard InChI is InChI=1S/C31H45N3O8/c1-19(32-27(36)17-21-10-12-41-13-11-21)29(38)34-24(15-22-8-9-26(40-3)25(35)16-22)30(39)33-23(14-20-6-4-5-7-20)28(37)31(2)18-42-31/h8-9,16,19-21,23-24,35H,4-7,10-15,17-18H2,1-3H3,(H,32,36)(H,33,39)(H,34,38). The van der Waals surface area contributed by atoms with Crippen molar-refractivity contribution in [2.45, 2.75) is 95.4 Å². The number of carbonyl (C=O) groups is 4. The van der Waals surface area contributed by atoms with Gasteiger partial charge in [0, 0.05) is 26.1 Å². The van der Waals surface area contributed by atoms with Crippen LogP contribution in [0, 0.1) is 11.8 Å². The molecule has 3 amide bonds. The topological polar surface area (TPSA) is 156 Å². The van der Waals surface area contributed by atoms with Crippen LogP contribution in [0.25, 0.3) is 0 Å². The molecule has 0 radical (unpaired) electrons. The number of ether oxygens (including phenoxy) is 3. The highest BCUT2D eigenvalue weighted by atomic mass is 16.6. The SMILES string of the molecule is COc1ccc(CC(NC(=O)C(C)NC(=O)CC2CCOCC2)C(=O)NC(CC2CCCC2)C(=O)C2(C)CO2)cc1O. The van der Waals surface area contributed by atoms with Crippen molar-refractivity contribution in [2.75, 3.05) is 26.9 Å². The second-order valence-electron chi connectivity index (χ2n) is 12.2. The summed E-state index contributed by atoms with van der Waals surface area (Å²) in [6.45, 7) is 4.87. The predicted octanol–water partition coefficient (Wildman–Crippen LogP) is 2.17. The molecule has 1 saturated carbocycles. The van der Waals surface area contributed by atoms with Crippen LogP contribution in [0.5, 0.6) is 11.5 Å². The molecule has 2 heterocycles. The summed E-state index contributed by atoms with van der Waals surface area (Å²) in [6.07, 6.45) is 6.70. The summed E-state index contributed by atoms with van der Waals surface area (Å²) in [4.78, 5) is 52.9. The molecule has 0 aromatic heterocycles. The molecule has 0 bridgehead atoms. The summed E-state index contributed by atoms with van der Waals surface area (Å²) in [7, 11) is 1.44. The van der Waals surface area contributed by atoms with Gasteiger partial charge in [0.15, 0.2) is 17.3 Å². The van der Waals surface area contributed by atoms with Crippen molar-refractivity contribution in [3.63, 3.8) is 0 Å². The van der Waals surface area contributed by atoms with Gasteiger partial charge < -0.3 is 35.3 Å². The van der Waals surface area contributed by atoms with E-state index in [2.05, 4.69) is 16.0 Å². The Balaban J connectivity index is 1.46. The van der Waals surface area contributed by atoms with Gasteiger partial charge in [-0.25, -0.2) is 0 Å². The lowest BCUT2D eigenvalue weighted by Crippen LogP contribution is -2.57. The Morgan fingerprint density at radius 1 is 1.00 bits per heavy atom. The summed E-state index contributed by atoms with van der Waals surface area (Å²) in [6, 6.07) is 2.07. The smallest absolute Gasteiger partial charge is 0.243 e. The maximum atomic E-state index is 13.7. The van der Waals surface area contributed by atoms with E-state index >= 15 is 0 Å². The lowest BCUT2D eigenvalue weighted by molar-refractivity contribution is -0.134. The Morgan fingerprint density at radius 3 is 2.29 bits per heavy atom. The molecular weight excluding hydrogens is 542 g/mol. The molecule has 2 saturated heterocycles. The van der Waals surface area contributed by atoms with Gasteiger partial charge >= 0.3 is 0 Å². The van der Waals surface area contributed by atoms with Gasteiger partial charge in [-0.3, -0.25) is 19.2 Å². The van der Waals surface area contributed by atoms with E-state index in [0.29, 0.717) is 44.1 Å². The zero-order chi connectivity index (χ0) is 30.3. The summed E-state index contributed by atoms with van der Waals surface area (Å²) in [5, 5.41) is 18.7. The van der Waals surface area contributed by atoms with E-state index in [4.69, 9.17) is 14.2 Å². The maximum absolute atomic E-state index is 13.7. The third-order valence-electron chi connectivity index (χ3n) is 8.68. The molecule has 1 aromatic rings. The van der Waals surface area contributed by atoms with Crippen molar-refractivity contribution in [1.82, 2.24) is 16.0 Å². The molecule has 11 nitrogen and oxygen atoms in total. The molecule has 1 aromatic carbocycles. The van der Waals surface area contributed by atoms with Crippen LogP contribution >= 0.6 is 0 Å². The van der Waals surface area contributed by atoms with Crippen LogP contribution in [-0.4, -0.2) is 79.3 Å². The Kier molecular flexibility index (Phi) is 10.8. The molecule has 11 heteroatoms. The average molecular weight is 588 g/mol. The predicted molar refractivity (Wildman–Crippen MR) is 154 cm³/mol. The molecule has 3 fully saturated rings. The zero-order valence-electron chi connectivity index (χ0n) is 24.9. The number of benzene rings is 1. The number of phenolic OH excluding ortho intramolecular Hbond substituents is 1. The molecule has 2 aliphatic heterocycles. The van der Waals surface area contributed by atoms with Crippen molar-refractivity contribution < 1.29 is 38.5 Å². The first-order valence-electron chi connectivity index (χ1n) is 15.1. The molecule has 4 unspecified atom stereocenters. The molecule has 3 aliphatic rings. The van der Waals surface area contributed by atoms with Gasteiger partial charge in [0.25, 0.3) is 0 Å². The van der Waals surface area contributed by atoms with Crippen LogP contribution in [0.1, 0.15) is 70.8 Å². The minimum absolute atomic E-state index is 0.0516. The largest absolute Gasteiger partial charge is 0.504 e. The van der Waals surface area contributed by atoms with Crippen LogP contribution in [0.15, 0.2) is 18.2 Å². The second-order valence-corrected chi connectivity index (χ2v) is 12.2. The first-order chi connectivity index (χ1) is 20.1. The third kappa shape index (κ3) is 8.67. The van der Waals surface area contributed by atoms with E-state index in [-0.39, 0.29) is 35.5 Å². The van der Waals surface area contributed by atoms with Gasteiger partial charge in [0.1, 0.15) is 17.7 Å². The molecule has 4 N–H and O–H groups in total. The van der Waals surface area contributed by atoms with Crippen LogP contribution in [0.3, 0.4) is 0 Å². The number of Topliss-reactive ketones (excluding diaryl/α,β-unsaturated/α-hetero) is 1. The van der Waals surface area contributed by atoms with Gasteiger partial charge in [0.05, 0.1) is 19.8 Å². The first-order valence-corrected chi connectivity index (χ1v) is 15.1. The fraction of sp³-hybridized carbons (Fsp3) is 0.677. The quantitative estimate of drug-likeness (QED) is 0.242. The molecule has 4 atom stereocenters. The number of phenols is 1. The Morgan fingerprint density at radius 2 is 1.67 bits per heavy atom. The van der Waals surface area contributed by atoms with E-state index in [1.165, 1.54) is 13.2 Å². The first kappa shape index (κ1) is 31.7. The van der Waals surface area contributed by atoms with E-state index < -0.39 is 35.5 Å².